The molecule has 0 aromatic rings. The number of rotatable bonds is 62. The molecule has 0 aliphatic heterocycles. The molecule has 458 valence electrons. The molecule has 0 aromatic heterocycles. The van der Waals surface area contributed by atoms with Crippen LogP contribution in [0.5, 0.6) is 0 Å². The number of hydrogen-bond donors (Lipinski definition) is 3. The first kappa shape index (κ1) is 76.5. The number of aliphatic hydroxyl groups is 2. The van der Waals surface area contributed by atoms with Crippen LogP contribution in [-0.4, -0.2) is 34.9 Å². The van der Waals surface area contributed by atoms with Gasteiger partial charge in [-0.05, 0) is 96.3 Å². The summed E-state index contributed by atoms with van der Waals surface area (Å²) in [6.07, 6.45) is 108. The zero-order chi connectivity index (χ0) is 57.6. The number of aliphatic hydroxyl groups excluding tert-OH is 2. The van der Waals surface area contributed by atoms with E-state index in [4.69, 9.17) is 0 Å². The van der Waals surface area contributed by atoms with Gasteiger partial charge in [0.25, 0.3) is 0 Å². The topological polar surface area (TPSA) is 69.6 Å². The van der Waals surface area contributed by atoms with Crippen molar-refractivity contribution in [3.8, 4) is 0 Å². The fourth-order valence-corrected chi connectivity index (χ4v) is 10.0. The van der Waals surface area contributed by atoms with Crippen molar-refractivity contribution >= 4 is 5.91 Å². The van der Waals surface area contributed by atoms with Gasteiger partial charge >= 0.3 is 0 Å². The predicted molar refractivity (Wildman–Crippen MR) is 359 cm³/mol. The summed E-state index contributed by atoms with van der Waals surface area (Å²) < 4.78 is 0. The molecule has 4 nitrogen and oxygen atoms in total. The fourth-order valence-electron chi connectivity index (χ4n) is 10.0. The Morgan fingerprint density at radius 2 is 0.550 bits per heavy atom. The number of nitrogens with one attached hydrogen (secondary N) is 1. The third-order valence-corrected chi connectivity index (χ3v) is 15.2. The zero-order valence-electron chi connectivity index (χ0n) is 52.8. The summed E-state index contributed by atoms with van der Waals surface area (Å²) in [7, 11) is 0. The molecule has 0 fully saturated rings. The van der Waals surface area contributed by atoms with Crippen molar-refractivity contribution < 1.29 is 15.0 Å². The van der Waals surface area contributed by atoms with E-state index in [1.165, 1.54) is 186 Å². The van der Waals surface area contributed by atoms with Crippen molar-refractivity contribution in [1.82, 2.24) is 5.32 Å². The standard InChI is InChI=1S/C76H131NO3/c1-3-5-7-9-11-13-15-17-19-21-23-25-27-29-31-33-35-36-37-38-39-40-42-44-46-48-50-52-54-56-58-60-62-64-66-68-70-72-76(80)77-74(73-78)75(79)71-69-67-65-63-61-59-57-55-53-51-49-47-45-43-41-34-32-30-28-26-24-22-20-18-16-14-12-10-8-6-4-2/h5,7,11,13,17,19,23,25,29,31,35-36,38-39,42,44,48,50,54,56,60,62,74-75,78-79H,3-4,6,8-10,12,14-16,18,20-22,24,26-28,30,32-34,37,40-41,43,45-47,49,51-53,55,57-59,61,63-73H2,1-2H3,(H,77,80)/b7-5-,13-11-,19-17-,25-23-,31-29-,36-35-,39-38-,44-42-,50-48-,56-54-,62-60-. The summed E-state index contributed by atoms with van der Waals surface area (Å²) in [5.41, 5.74) is 0. The van der Waals surface area contributed by atoms with Crippen LogP contribution in [-0.2, 0) is 4.79 Å². The van der Waals surface area contributed by atoms with Gasteiger partial charge in [0.15, 0.2) is 0 Å². The van der Waals surface area contributed by atoms with E-state index in [-0.39, 0.29) is 12.5 Å². The molecule has 3 N–H and O–H groups in total. The van der Waals surface area contributed by atoms with Crippen LogP contribution >= 0.6 is 0 Å². The number of allylic oxidation sites excluding steroid dienone is 22. The van der Waals surface area contributed by atoms with Crippen LogP contribution in [0.25, 0.3) is 0 Å². The lowest BCUT2D eigenvalue weighted by Crippen LogP contribution is -2.45. The minimum Gasteiger partial charge on any atom is -0.394 e. The summed E-state index contributed by atoms with van der Waals surface area (Å²) in [5, 5.41) is 23.4. The molecule has 0 radical (unpaired) electrons. The molecule has 0 aliphatic rings. The van der Waals surface area contributed by atoms with Crippen LogP contribution in [0.2, 0.25) is 0 Å². The van der Waals surface area contributed by atoms with Crippen molar-refractivity contribution in [2.75, 3.05) is 6.61 Å². The largest absolute Gasteiger partial charge is 0.394 e. The monoisotopic (exact) mass is 1110 g/mol. The highest BCUT2D eigenvalue weighted by Crippen LogP contribution is 2.18. The number of amides is 1. The third-order valence-electron chi connectivity index (χ3n) is 15.2. The van der Waals surface area contributed by atoms with Gasteiger partial charge < -0.3 is 15.5 Å². The number of hydrogen-bond acceptors (Lipinski definition) is 3. The smallest absolute Gasteiger partial charge is 0.220 e. The van der Waals surface area contributed by atoms with E-state index in [9.17, 15) is 15.0 Å². The fraction of sp³-hybridized carbons (Fsp3) is 0.697. The molecule has 4 heteroatoms. The summed E-state index contributed by atoms with van der Waals surface area (Å²) in [4.78, 5) is 12.5. The minimum absolute atomic E-state index is 0.0645. The Balaban J connectivity index is 3.59. The van der Waals surface area contributed by atoms with E-state index in [0.29, 0.717) is 12.8 Å². The average molecular weight is 1110 g/mol. The van der Waals surface area contributed by atoms with Crippen molar-refractivity contribution in [3.63, 3.8) is 0 Å². The van der Waals surface area contributed by atoms with Gasteiger partial charge in [0.1, 0.15) is 0 Å². The summed E-state index contributed by atoms with van der Waals surface area (Å²) in [6.45, 7) is 4.25. The van der Waals surface area contributed by atoms with Gasteiger partial charge in [-0.15, -0.1) is 0 Å². The van der Waals surface area contributed by atoms with Gasteiger partial charge in [0.2, 0.25) is 5.91 Å². The Hall–Kier alpha value is -3.47. The first-order chi connectivity index (χ1) is 39.7. The van der Waals surface area contributed by atoms with Crippen molar-refractivity contribution in [3.05, 3.63) is 134 Å². The van der Waals surface area contributed by atoms with Crippen LogP contribution in [0, 0.1) is 0 Å². The Bertz CT molecular complexity index is 1590. The molecule has 80 heavy (non-hydrogen) atoms. The maximum absolute atomic E-state index is 12.5. The molecule has 2 unspecified atom stereocenters. The Labute approximate surface area is 498 Å². The van der Waals surface area contributed by atoms with Crippen molar-refractivity contribution in [2.45, 2.75) is 334 Å². The van der Waals surface area contributed by atoms with E-state index >= 15 is 0 Å². The van der Waals surface area contributed by atoms with Crippen LogP contribution in [0.4, 0.5) is 0 Å². The van der Waals surface area contributed by atoms with Gasteiger partial charge in [-0.25, -0.2) is 0 Å². The molecule has 0 rings (SSSR count). The molecule has 1 amide bonds. The van der Waals surface area contributed by atoms with Gasteiger partial charge in [-0.2, -0.15) is 0 Å². The lowest BCUT2D eigenvalue weighted by molar-refractivity contribution is -0.123. The lowest BCUT2D eigenvalue weighted by atomic mass is 10.0. The zero-order valence-corrected chi connectivity index (χ0v) is 52.8. The molecule has 0 saturated heterocycles. The molecule has 0 saturated carbocycles. The Kier molecular flexibility index (Phi) is 66.8. The number of carbonyl (C=O) groups is 1. The van der Waals surface area contributed by atoms with Crippen LogP contribution in [0.1, 0.15) is 322 Å². The molecule has 0 aliphatic carbocycles. The quantitative estimate of drug-likeness (QED) is 0.0420. The minimum atomic E-state index is -0.686. The summed E-state index contributed by atoms with van der Waals surface area (Å²) in [5.74, 6) is -0.0645. The molecular formula is C76H131NO3. The third kappa shape index (κ3) is 65.3. The van der Waals surface area contributed by atoms with Gasteiger partial charge in [-0.1, -0.05) is 353 Å². The van der Waals surface area contributed by atoms with E-state index < -0.39 is 12.1 Å². The second kappa shape index (κ2) is 69.8. The number of unbranched alkanes of at least 4 members (excludes halogenated alkanes) is 33. The normalized spacial score (nSPS) is 13.6. The summed E-state index contributed by atoms with van der Waals surface area (Å²) in [6, 6.07) is -0.567. The first-order valence-corrected chi connectivity index (χ1v) is 34.4. The average Bonchev–Trinajstić information content (AvgIpc) is 3.46. The maximum atomic E-state index is 12.5. The molecule has 2 atom stereocenters. The second-order valence-corrected chi connectivity index (χ2v) is 22.9. The Morgan fingerprint density at radius 3 is 0.812 bits per heavy atom. The first-order valence-electron chi connectivity index (χ1n) is 34.4. The predicted octanol–water partition coefficient (Wildman–Crippen LogP) is 23.7. The van der Waals surface area contributed by atoms with Gasteiger partial charge in [0.05, 0.1) is 18.8 Å². The maximum Gasteiger partial charge on any atom is 0.220 e. The van der Waals surface area contributed by atoms with Crippen LogP contribution < -0.4 is 5.32 Å². The Morgan fingerprint density at radius 1 is 0.312 bits per heavy atom. The highest BCUT2D eigenvalue weighted by Gasteiger charge is 2.20. The van der Waals surface area contributed by atoms with E-state index in [2.05, 4.69) is 153 Å². The van der Waals surface area contributed by atoms with E-state index in [1.54, 1.807) is 0 Å². The van der Waals surface area contributed by atoms with Gasteiger partial charge in [-0.3, -0.25) is 4.79 Å². The van der Waals surface area contributed by atoms with Crippen molar-refractivity contribution in [1.29, 1.82) is 0 Å². The second-order valence-electron chi connectivity index (χ2n) is 22.9. The van der Waals surface area contributed by atoms with Crippen LogP contribution in [0.15, 0.2) is 134 Å². The molecule has 0 spiro atoms. The lowest BCUT2D eigenvalue weighted by Gasteiger charge is -2.22. The molecule has 0 bridgehead atoms. The van der Waals surface area contributed by atoms with E-state index in [1.807, 2.05) is 0 Å². The molecule has 0 aromatic carbocycles. The highest BCUT2D eigenvalue weighted by atomic mass is 16.3. The van der Waals surface area contributed by atoms with E-state index in [0.717, 1.165) is 109 Å². The molecule has 0 heterocycles. The van der Waals surface area contributed by atoms with Crippen LogP contribution in [0.3, 0.4) is 0 Å². The van der Waals surface area contributed by atoms with Crippen molar-refractivity contribution in [2.24, 2.45) is 0 Å². The molecular weight excluding hydrogens is 975 g/mol. The SMILES string of the molecule is CC/C=C\C/C=C\C/C=C\C/C=C\C/C=C\C/C=C\C/C=C\C/C=C\C/C=C\C/C=C\C/C=C\CCCCCC(=O)NC(CO)C(O)CCCCCCCCCCCCCCCCCCCCCCCCCCCCCCCCC. The highest BCUT2D eigenvalue weighted by molar-refractivity contribution is 5.76. The summed E-state index contributed by atoms with van der Waals surface area (Å²) >= 11 is 0. The number of carbonyl (C=O) groups excluding carboxylic acids is 1. The van der Waals surface area contributed by atoms with Gasteiger partial charge in [0, 0.05) is 6.42 Å².